The lowest BCUT2D eigenvalue weighted by atomic mass is 9.96. The first-order chi connectivity index (χ1) is 12.4. The third-order valence-corrected chi connectivity index (χ3v) is 7.09. The van der Waals surface area contributed by atoms with Crippen LogP contribution < -0.4 is 10.1 Å². The van der Waals surface area contributed by atoms with Crippen LogP contribution in [0.15, 0.2) is 29.2 Å². The van der Waals surface area contributed by atoms with Crippen molar-refractivity contribution >= 4 is 28.3 Å². The van der Waals surface area contributed by atoms with Gasteiger partial charge in [0.05, 0.1) is 12.0 Å². The van der Waals surface area contributed by atoms with E-state index < -0.39 is 10.0 Å². The zero-order valence-electron chi connectivity index (χ0n) is 15.8. The molecule has 0 saturated carbocycles. The Balaban J connectivity index is 0.00000261. The fourth-order valence-corrected chi connectivity index (χ4v) is 5.10. The number of rotatable bonds is 4. The molecule has 0 aliphatic carbocycles. The van der Waals surface area contributed by atoms with Crippen LogP contribution in [0.1, 0.15) is 19.8 Å². The molecule has 7 nitrogen and oxygen atoms in total. The average Bonchev–Trinajstić information content (AvgIpc) is 2.67. The van der Waals surface area contributed by atoms with Crippen molar-refractivity contribution in [3.63, 3.8) is 0 Å². The minimum absolute atomic E-state index is 0. The lowest BCUT2D eigenvalue weighted by Gasteiger charge is -2.37. The highest BCUT2D eigenvalue weighted by molar-refractivity contribution is 7.89. The summed E-state index contributed by atoms with van der Waals surface area (Å²) in [6.07, 6.45) is 1.15. The number of benzene rings is 1. The van der Waals surface area contributed by atoms with E-state index in [9.17, 15) is 13.2 Å². The number of piperazine rings is 1. The molecule has 27 heavy (non-hydrogen) atoms. The van der Waals surface area contributed by atoms with Gasteiger partial charge in [-0.25, -0.2) is 8.42 Å². The summed E-state index contributed by atoms with van der Waals surface area (Å²) in [5.41, 5.74) is 0. The normalized spacial score (nSPS) is 22.1. The molecule has 2 aliphatic rings. The van der Waals surface area contributed by atoms with Crippen LogP contribution in [-0.4, -0.2) is 69.4 Å². The zero-order chi connectivity index (χ0) is 18.7. The maximum absolute atomic E-state index is 12.8. The van der Waals surface area contributed by atoms with Crippen LogP contribution in [0.3, 0.4) is 0 Å². The van der Waals surface area contributed by atoms with Crippen LogP contribution in [0.25, 0.3) is 0 Å². The Morgan fingerprint density at radius 1 is 1.15 bits per heavy atom. The van der Waals surface area contributed by atoms with Gasteiger partial charge in [0.25, 0.3) is 0 Å². The molecule has 0 bridgehead atoms. The second-order valence-electron chi connectivity index (χ2n) is 6.99. The molecule has 2 saturated heterocycles. The molecule has 1 aromatic rings. The van der Waals surface area contributed by atoms with Crippen molar-refractivity contribution in [1.82, 2.24) is 14.5 Å². The molecular weight excluding hydrogens is 390 g/mol. The fourth-order valence-electron chi connectivity index (χ4n) is 3.63. The number of halogens is 1. The predicted octanol–water partition coefficient (Wildman–Crippen LogP) is 1.34. The smallest absolute Gasteiger partial charge is 0.243 e. The van der Waals surface area contributed by atoms with Gasteiger partial charge in [-0.05, 0) is 44.0 Å². The molecule has 2 aliphatic heterocycles. The van der Waals surface area contributed by atoms with E-state index in [0.29, 0.717) is 37.7 Å². The molecule has 9 heteroatoms. The van der Waals surface area contributed by atoms with Gasteiger partial charge in [-0.3, -0.25) is 4.79 Å². The van der Waals surface area contributed by atoms with Gasteiger partial charge >= 0.3 is 0 Å². The monoisotopic (exact) mass is 417 g/mol. The van der Waals surface area contributed by atoms with Crippen molar-refractivity contribution in [3.05, 3.63) is 24.3 Å². The molecule has 0 radical (unpaired) electrons. The molecule has 1 atom stereocenters. The Morgan fingerprint density at radius 3 is 2.33 bits per heavy atom. The third-order valence-electron chi connectivity index (χ3n) is 5.18. The Hall–Kier alpha value is -1.35. The number of amides is 1. The van der Waals surface area contributed by atoms with Crippen LogP contribution in [0, 0.1) is 5.92 Å². The van der Waals surface area contributed by atoms with Gasteiger partial charge in [-0.15, -0.1) is 12.4 Å². The van der Waals surface area contributed by atoms with E-state index in [1.54, 1.807) is 31.4 Å². The summed E-state index contributed by atoms with van der Waals surface area (Å²) in [6, 6.07) is 6.73. The van der Waals surface area contributed by atoms with Crippen LogP contribution in [0.4, 0.5) is 0 Å². The van der Waals surface area contributed by atoms with Crippen molar-refractivity contribution in [2.45, 2.75) is 30.7 Å². The van der Waals surface area contributed by atoms with E-state index in [2.05, 4.69) is 12.2 Å². The molecule has 1 unspecified atom stereocenters. The van der Waals surface area contributed by atoms with Crippen molar-refractivity contribution in [1.29, 1.82) is 0 Å². The highest BCUT2D eigenvalue weighted by Gasteiger charge is 2.34. The molecular formula is C18H28ClN3O4S. The van der Waals surface area contributed by atoms with Crippen LogP contribution in [-0.2, 0) is 14.8 Å². The number of carbonyl (C=O) groups excluding carboxylic acids is 1. The number of piperidine rings is 1. The summed E-state index contributed by atoms with van der Waals surface area (Å²) in [5.74, 6) is 0.709. The van der Waals surface area contributed by atoms with Gasteiger partial charge in [-0.1, -0.05) is 0 Å². The average molecular weight is 418 g/mol. The fraction of sp³-hybridized carbons (Fsp3) is 0.611. The number of nitrogens with one attached hydrogen (secondary N) is 1. The number of nitrogens with zero attached hydrogens (tertiary/aromatic N) is 2. The molecule has 2 heterocycles. The SMILES string of the molecule is COc1ccc(S(=O)(=O)N2CCC(C(=O)N3CCNC(C)C3)CC2)cc1.Cl. The zero-order valence-corrected chi connectivity index (χ0v) is 17.4. The molecule has 0 spiro atoms. The maximum Gasteiger partial charge on any atom is 0.243 e. The van der Waals surface area contributed by atoms with Crippen molar-refractivity contribution in [3.8, 4) is 5.75 Å². The minimum atomic E-state index is -3.53. The summed E-state index contributed by atoms with van der Waals surface area (Å²) in [5, 5.41) is 3.33. The van der Waals surface area contributed by atoms with Crippen molar-refractivity contribution < 1.29 is 17.9 Å². The number of ether oxygens (including phenoxy) is 1. The summed E-state index contributed by atoms with van der Waals surface area (Å²) in [4.78, 5) is 14.9. The summed E-state index contributed by atoms with van der Waals surface area (Å²) >= 11 is 0. The van der Waals surface area contributed by atoms with E-state index in [1.165, 1.54) is 4.31 Å². The first kappa shape index (κ1) is 21.9. The highest BCUT2D eigenvalue weighted by atomic mass is 35.5. The first-order valence-corrected chi connectivity index (χ1v) is 10.5. The quantitative estimate of drug-likeness (QED) is 0.799. The molecule has 1 amide bonds. The van der Waals surface area contributed by atoms with Crippen molar-refractivity contribution in [2.75, 3.05) is 39.8 Å². The predicted molar refractivity (Wildman–Crippen MR) is 106 cm³/mol. The second-order valence-corrected chi connectivity index (χ2v) is 8.93. The lowest BCUT2D eigenvalue weighted by Crippen LogP contribution is -2.54. The van der Waals surface area contributed by atoms with E-state index >= 15 is 0 Å². The Bertz CT molecular complexity index is 733. The second kappa shape index (κ2) is 9.23. The number of methoxy groups -OCH3 is 1. The van der Waals surface area contributed by atoms with Crippen molar-refractivity contribution in [2.24, 2.45) is 5.92 Å². The lowest BCUT2D eigenvalue weighted by molar-refractivity contribution is -0.137. The van der Waals surface area contributed by atoms with Crippen LogP contribution in [0.2, 0.25) is 0 Å². The number of sulfonamides is 1. The van der Waals surface area contributed by atoms with Gasteiger partial charge in [0.15, 0.2) is 0 Å². The van der Waals surface area contributed by atoms with Gasteiger partial charge in [0.1, 0.15) is 5.75 Å². The minimum Gasteiger partial charge on any atom is -0.497 e. The van der Waals surface area contributed by atoms with Gasteiger partial charge in [-0.2, -0.15) is 4.31 Å². The number of hydrogen-bond acceptors (Lipinski definition) is 5. The summed E-state index contributed by atoms with van der Waals surface area (Å²) in [7, 11) is -1.98. The van der Waals surface area contributed by atoms with E-state index in [-0.39, 0.29) is 29.1 Å². The van der Waals surface area contributed by atoms with Gasteiger partial charge in [0.2, 0.25) is 15.9 Å². The molecule has 3 rings (SSSR count). The van der Waals surface area contributed by atoms with Crippen LogP contribution in [0.5, 0.6) is 5.75 Å². The Labute approximate surface area is 167 Å². The number of carbonyl (C=O) groups is 1. The summed E-state index contributed by atoms with van der Waals surface area (Å²) < 4.78 is 32.1. The number of hydrogen-bond donors (Lipinski definition) is 1. The molecule has 0 aromatic heterocycles. The first-order valence-electron chi connectivity index (χ1n) is 9.08. The Morgan fingerprint density at radius 2 is 1.78 bits per heavy atom. The van der Waals surface area contributed by atoms with Crippen LogP contribution >= 0.6 is 12.4 Å². The molecule has 152 valence electrons. The van der Waals surface area contributed by atoms with Gasteiger partial charge < -0.3 is 15.0 Å². The van der Waals surface area contributed by atoms with E-state index in [0.717, 1.165) is 19.6 Å². The molecule has 1 N–H and O–H groups in total. The maximum atomic E-state index is 12.8. The summed E-state index contributed by atoms with van der Waals surface area (Å²) in [6.45, 7) is 5.11. The largest absolute Gasteiger partial charge is 0.497 e. The van der Waals surface area contributed by atoms with Gasteiger partial charge in [0, 0.05) is 44.7 Å². The van der Waals surface area contributed by atoms with E-state index in [1.807, 2.05) is 4.90 Å². The third kappa shape index (κ3) is 4.93. The Kier molecular flexibility index (Phi) is 7.50. The van der Waals surface area contributed by atoms with E-state index in [4.69, 9.17) is 4.74 Å². The molecule has 2 fully saturated rings. The molecule has 1 aromatic carbocycles. The topological polar surface area (TPSA) is 79.0 Å². The highest BCUT2D eigenvalue weighted by Crippen LogP contribution is 2.26. The standard InChI is InChI=1S/C18H27N3O4S.ClH/c1-14-13-20(12-9-19-14)18(22)15-7-10-21(11-8-15)26(23,24)17-5-3-16(25-2)4-6-17;/h3-6,14-15,19H,7-13H2,1-2H3;1H.